The van der Waals surface area contributed by atoms with Crippen molar-refractivity contribution in [2.45, 2.75) is 19.9 Å². The van der Waals surface area contributed by atoms with E-state index in [9.17, 15) is 14.0 Å². The Morgan fingerprint density at radius 1 is 1.33 bits per heavy atom. The first-order valence-corrected chi connectivity index (χ1v) is 8.70. The number of hydrogen-bond acceptors (Lipinski definition) is 4. The van der Waals surface area contributed by atoms with Gasteiger partial charge in [-0.2, -0.15) is 0 Å². The molecule has 0 bridgehead atoms. The van der Waals surface area contributed by atoms with Gasteiger partial charge >= 0.3 is 0 Å². The molecule has 1 saturated heterocycles. The molecule has 2 aromatic carbocycles. The van der Waals surface area contributed by atoms with Crippen molar-refractivity contribution in [2.24, 2.45) is 5.92 Å². The van der Waals surface area contributed by atoms with Gasteiger partial charge in [-0.05, 0) is 24.3 Å². The summed E-state index contributed by atoms with van der Waals surface area (Å²) in [7, 11) is 0. The third kappa shape index (κ3) is 3.40. The highest BCUT2D eigenvalue weighted by atomic mass is 19.1. The predicted molar refractivity (Wildman–Crippen MR) is 97.5 cm³/mol. The highest BCUT2D eigenvalue weighted by molar-refractivity contribution is 6.01. The van der Waals surface area contributed by atoms with Crippen LogP contribution < -0.4 is 10.2 Å². The van der Waals surface area contributed by atoms with Gasteiger partial charge < -0.3 is 14.6 Å². The minimum absolute atomic E-state index is 0.0976. The van der Waals surface area contributed by atoms with E-state index >= 15 is 0 Å². The van der Waals surface area contributed by atoms with Gasteiger partial charge in [-0.3, -0.25) is 9.59 Å². The van der Waals surface area contributed by atoms with Gasteiger partial charge in [0.05, 0.1) is 5.92 Å². The zero-order valence-corrected chi connectivity index (χ0v) is 14.7. The number of aromatic nitrogens is 1. The molecular weight excluding hydrogens is 349 g/mol. The zero-order valence-electron chi connectivity index (χ0n) is 14.7. The zero-order chi connectivity index (χ0) is 19.0. The first-order chi connectivity index (χ1) is 13.0. The Morgan fingerprint density at radius 3 is 2.96 bits per heavy atom. The number of amides is 2. The van der Waals surface area contributed by atoms with Gasteiger partial charge in [0.2, 0.25) is 11.8 Å². The molecule has 1 fully saturated rings. The molecule has 1 aliphatic heterocycles. The van der Waals surface area contributed by atoms with Crippen LogP contribution >= 0.6 is 0 Å². The molecule has 1 aliphatic rings. The highest BCUT2D eigenvalue weighted by Gasteiger charge is 2.35. The molecule has 6 nitrogen and oxygen atoms in total. The van der Waals surface area contributed by atoms with E-state index < -0.39 is 5.92 Å². The van der Waals surface area contributed by atoms with Crippen LogP contribution in [-0.2, 0) is 16.1 Å². The first kappa shape index (κ1) is 17.2. The molecule has 2 heterocycles. The first-order valence-electron chi connectivity index (χ1n) is 8.70. The lowest BCUT2D eigenvalue weighted by atomic mass is 10.1. The molecule has 0 spiro atoms. The van der Waals surface area contributed by atoms with Gasteiger partial charge in [0.25, 0.3) is 0 Å². The number of halogens is 1. The van der Waals surface area contributed by atoms with Crippen LogP contribution in [0.15, 0.2) is 46.9 Å². The van der Waals surface area contributed by atoms with E-state index in [-0.39, 0.29) is 37.1 Å². The normalized spacial score (nSPS) is 16.9. The van der Waals surface area contributed by atoms with Crippen LogP contribution in [0.25, 0.3) is 11.1 Å². The van der Waals surface area contributed by atoms with Crippen molar-refractivity contribution < 1.29 is 18.4 Å². The highest BCUT2D eigenvalue weighted by Crippen LogP contribution is 2.28. The molecular formula is C20H18FN3O3. The lowest BCUT2D eigenvalue weighted by Crippen LogP contribution is -2.32. The molecule has 1 atom stereocenters. The smallest absolute Gasteiger partial charge is 0.227 e. The fourth-order valence-corrected chi connectivity index (χ4v) is 3.30. The number of anilines is 1. The molecule has 0 aliphatic carbocycles. The van der Waals surface area contributed by atoms with E-state index in [4.69, 9.17) is 4.42 Å². The number of benzene rings is 2. The standard InChI is InChI=1S/C20H18FN3O3/c1-12-23-17-9-15(6-7-18(17)27-12)24-11-14(8-19(24)25)20(26)22-10-13-4-2-3-5-16(13)21/h2-7,9,14H,8,10-11H2,1H3,(H,22,26)/t14-/m0/s1. The lowest BCUT2D eigenvalue weighted by Gasteiger charge is -2.16. The number of fused-ring (bicyclic) bond motifs is 1. The monoisotopic (exact) mass is 367 g/mol. The van der Waals surface area contributed by atoms with Crippen LogP contribution in [0.3, 0.4) is 0 Å². The topological polar surface area (TPSA) is 75.4 Å². The van der Waals surface area contributed by atoms with E-state index in [1.807, 2.05) is 0 Å². The molecule has 4 rings (SSSR count). The van der Waals surface area contributed by atoms with Crippen LogP contribution in [0.4, 0.5) is 10.1 Å². The second-order valence-corrected chi connectivity index (χ2v) is 6.60. The Morgan fingerprint density at radius 2 is 2.15 bits per heavy atom. The molecule has 2 amide bonds. The fourth-order valence-electron chi connectivity index (χ4n) is 3.30. The number of aryl methyl sites for hydroxylation is 1. The van der Waals surface area contributed by atoms with Crippen molar-refractivity contribution in [2.75, 3.05) is 11.4 Å². The Balaban J connectivity index is 1.44. The molecule has 138 valence electrons. The van der Waals surface area contributed by atoms with Crippen molar-refractivity contribution >= 4 is 28.6 Å². The molecule has 3 aromatic rings. The van der Waals surface area contributed by atoms with Crippen LogP contribution in [0.2, 0.25) is 0 Å². The van der Waals surface area contributed by atoms with Crippen molar-refractivity contribution in [3.63, 3.8) is 0 Å². The van der Waals surface area contributed by atoms with Gasteiger partial charge in [-0.1, -0.05) is 18.2 Å². The number of oxazole rings is 1. The van der Waals surface area contributed by atoms with Crippen molar-refractivity contribution in [3.8, 4) is 0 Å². The van der Waals surface area contributed by atoms with E-state index in [0.717, 1.165) is 0 Å². The summed E-state index contributed by atoms with van der Waals surface area (Å²) in [6.45, 7) is 2.14. The van der Waals surface area contributed by atoms with Crippen LogP contribution in [0, 0.1) is 18.7 Å². The van der Waals surface area contributed by atoms with Gasteiger partial charge in [0.15, 0.2) is 11.5 Å². The maximum atomic E-state index is 13.7. The maximum Gasteiger partial charge on any atom is 0.227 e. The number of carbonyl (C=O) groups excluding carboxylic acids is 2. The quantitative estimate of drug-likeness (QED) is 0.769. The van der Waals surface area contributed by atoms with Gasteiger partial charge in [0, 0.05) is 37.7 Å². The van der Waals surface area contributed by atoms with Crippen LogP contribution in [-0.4, -0.2) is 23.3 Å². The third-order valence-electron chi connectivity index (χ3n) is 4.70. The van der Waals surface area contributed by atoms with Gasteiger partial charge in [-0.25, -0.2) is 9.37 Å². The summed E-state index contributed by atoms with van der Waals surface area (Å²) in [5.41, 5.74) is 2.43. The summed E-state index contributed by atoms with van der Waals surface area (Å²) in [6.07, 6.45) is 0.124. The molecule has 0 radical (unpaired) electrons. The van der Waals surface area contributed by atoms with E-state index in [1.165, 1.54) is 6.07 Å². The Bertz CT molecular complexity index is 1030. The number of nitrogens with zero attached hydrogens (tertiary/aromatic N) is 2. The number of nitrogens with one attached hydrogen (secondary N) is 1. The largest absolute Gasteiger partial charge is 0.441 e. The number of hydrogen-bond donors (Lipinski definition) is 1. The second kappa shape index (κ2) is 6.83. The van der Waals surface area contributed by atoms with E-state index in [0.29, 0.717) is 28.2 Å². The Labute approximate surface area is 155 Å². The molecule has 7 heteroatoms. The van der Waals surface area contributed by atoms with Crippen molar-refractivity contribution in [1.29, 1.82) is 0 Å². The summed E-state index contributed by atoms with van der Waals surface area (Å²) in [6, 6.07) is 11.6. The summed E-state index contributed by atoms with van der Waals surface area (Å²) in [4.78, 5) is 30.7. The second-order valence-electron chi connectivity index (χ2n) is 6.60. The number of carbonyl (C=O) groups is 2. The molecule has 1 N–H and O–H groups in total. The van der Waals surface area contributed by atoms with Gasteiger partial charge in [0.1, 0.15) is 11.3 Å². The van der Waals surface area contributed by atoms with Crippen molar-refractivity contribution in [1.82, 2.24) is 10.3 Å². The molecule has 1 aromatic heterocycles. The lowest BCUT2D eigenvalue weighted by molar-refractivity contribution is -0.126. The minimum Gasteiger partial charge on any atom is -0.441 e. The minimum atomic E-state index is -0.473. The summed E-state index contributed by atoms with van der Waals surface area (Å²) in [5.74, 6) is -0.662. The summed E-state index contributed by atoms with van der Waals surface area (Å²) >= 11 is 0. The maximum absolute atomic E-state index is 13.7. The van der Waals surface area contributed by atoms with Crippen LogP contribution in [0.5, 0.6) is 0 Å². The summed E-state index contributed by atoms with van der Waals surface area (Å²) in [5, 5.41) is 2.72. The molecule has 27 heavy (non-hydrogen) atoms. The SMILES string of the molecule is Cc1nc2cc(N3C[C@@H](C(=O)NCc4ccccc4F)CC3=O)ccc2o1. The van der Waals surface area contributed by atoms with E-state index in [2.05, 4.69) is 10.3 Å². The Hall–Kier alpha value is -3.22. The average molecular weight is 367 g/mol. The fraction of sp³-hybridized carbons (Fsp3) is 0.250. The molecule has 0 unspecified atom stereocenters. The predicted octanol–water partition coefficient (Wildman–Crippen LogP) is 2.94. The number of rotatable bonds is 4. The van der Waals surface area contributed by atoms with Gasteiger partial charge in [-0.15, -0.1) is 0 Å². The Kier molecular flexibility index (Phi) is 4.35. The van der Waals surface area contributed by atoms with E-state index in [1.54, 1.807) is 48.2 Å². The average Bonchev–Trinajstić information content (AvgIpc) is 3.21. The van der Waals surface area contributed by atoms with Crippen LogP contribution in [0.1, 0.15) is 17.9 Å². The third-order valence-corrected chi connectivity index (χ3v) is 4.70. The molecule has 0 saturated carbocycles. The van der Waals surface area contributed by atoms with Crippen molar-refractivity contribution in [3.05, 3.63) is 59.7 Å². The summed E-state index contributed by atoms with van der Waals surface area (Å²) < 4.78 is 19.1.